The maximum atomic E-state index is 11.7. The molecule has 2 unspecified atom stereocenters. The molecule has 2 saturated heterocycles. The van der Waals surface area contributed by atoms with Crippen LogP contribution in [0.4, 0.5) is 0 Å². The van der Waals surface area contributed by atoms with Gasteiger partial charge >= 0.3 is 5.54 Å². The number of carbonyl (C=O) groups is 1. The highest BCUT2D eigenvalue weighted by molar-refractivity contribution is 5.86. The second-order valence-corrected chi connectivity index (χ2v) is 4.80. The predicted octanol–water partition coefficient (Wildman–Crippen LogP) is -1.52. The zero-order valence-electron chi connectivity index (χ0n) is 9.21. The van der Waals surface area contributed by atoms with Crippen LogP contribution in [0.25, 0.3) is 0 Å². The minimum atomic E-state index is -1.89. The Bertz CT molecular complexity index is 413. The van der Waals surface area contributed by atoms with Crippen molar-refractivity contribution in [2.75, 3.05) is 26.7 Å². The molecule has 2 rings (SSSR count). The quantitative estimate of drug-likeness (QED) is 0.465. The number of fused-ring (bicyclic) bond motifs is 2. The number of likely N-dealkylation sites (tertiary alicyclic amines) is 1. The number of likely N-dealkylation sites (N-methyl/N-ethyl adjacent to an activating group) is 1. The number of nitrogens with one attached hydrogen (secondary N) is 1. The van der Waals surface area contributed by atoms with E-state index in [9.17, 15) is 25.0 Å². The molecule has 0 spiro atoms. The summed E-state index contributed by atoms with van der Waals surface area (Å²) in [5.41, 5.74) is -3.34. The number of nitrogens with zero attached hydrogens (tertiary/aromatic N) is 3. The van der Waals surface area contributed by atoms with Gasteiger partial charge in [0.15, 0.2) is 0 Å². The van der Waals surface area contributed by atoms with Crippen LogP contribution in [0.2, 0.25) is 0 Å². The van der Waals surface area contributed by atoms with Crippen molar-refractivity contribution in [2.24, 2.45) is 0 Å². The van der Waals surface area contributed by atoms with Crippen LogP contribution in [0, 0.1) is 20.2 Å². The number of hydrogen-bond acceptors (Lipinski definition) is 6. The Labute approximate surface area is 96.1 Å². The summed E-state index contributed by atoms with van der Waals surface area (Å²) < 4.78 is 0. The normalized spacial score (nSPS) is 37.4. The van der Waals surface area contributed by atoms with Crippen LogP contribution in [0.3, 0.4) is 0 Å². The summed E-state index contributed by atoms with van der Waals surface area (Å²) in [6.45, 7) is -0.143. The van der Waals surface area contributed by atoms with E-state index in [0.29, 0.717) is 0 Å². The molecule has 94 valence electrons. The van der Waals surface area contributed by atoms with Crippen molar-refractivity contribution in [1.82, 2.24) is 10.2 Å². The van der Waals surface area contributed by atoms with E-state index in [0.717, 1.165) is 0 Å². The molecule has 2 aliphatic heterocycles. The van der Waals surface area contributed by atoms with Gasteiger partial charge in [-0.05, 0) is 7.05 Å². The van der Waals surface area contributed by atoms with Crippen molar-refractivity contribution in [1.29, 1.82) is 0 Å². The van der Waals surface area contributed by atoms with E-state index in [2.05, 4.69) is 5.32 Å². The third kappa shape index (κ3) is 1.46. The maximum absolute atomic E-state index is 11.7. The van der Waals surface area contributed by atoms with Crippen LogP contribution in [-0.4, -0.2) is 58.4 Å². The lowest BCUT2D eigenvalue weighted by Gasteiger charge is -2.44. The molecular formula is C8H12N4O5. The Morgan fingerprint density at radius 1 is 1.29 bits per heavy atom. The number of rotatable bonds is 2. The average molecular weight is 244 g/mol. The number of hydrogen-bond donors (Lipinski definition) is 1. The first kappa shape index (κ1) is 11.7. The minimum Gasteiger partial charge on any atom is -0.343 e. The Morgan fingerprint density at radius 3 is 2.47 bits per heavy atom. The van der Waals surface area contributed by atoms with Crippen LogP contribution >= 0.6 is 0 Å². The average Bonchev–Trinajstić information content (AvgIpc) is 2.23. The topological polar surface area (TPSA) is 119 Å². The molecule has 2 atom stereocenters. The molecule has 0 aromatic rings. The molecule has 2 fully saturated rings. The first-order valence-electron chi connectivity index (χ1n) is 5.08. The first-order valence-corrected chi connectivity index (χ1v) is 5.08. The van der Waals surface area contributed by atoms with Gasteiger partial charge in [0, 0.05) is 9.85 Å². The fourth-order valence-corrected chi connectivity index (χ4v) is 2.73. The van der Waals surface area contributed by atoms with Gasteiger partial charge in [-0.25, -0.2) is 0 Å². The van der Waals surface area contributed by atoms with Gasteiger partial charge in [0.25, 0.3) is 11.4 Å². The molecule has 0 saturated carbocycles. The van der Waals surface area contributed by atoms with Crippen LogP contribution in [0.15, 0.2) is 0 Å². The molecule has 0 aromatic heterocycles. The fraction of sp³-hybridized carbons (Fsp3) is 0.875. The summed E-state index contributed by atoms with van der Waals surface area (Å²) in [6, 6.07) is 0. The Kier molecular flexibility index (Phi) is 2.31. The molecule has 2 aliphatic rings. The van der Waals surface area contributed by atoms with Crippen LogP contribution in [0.5, 0.6) is 0 Å². The van der Waals surface area contributed by atoms with Gasteiger partial charge in [-0.1, -0.05) is 0 Å². The van der Waals surface area contributed by atoms with Crippen molar-refractivity contribution in [2.45, 2.75) is 17.5 Å². The van der Waals surface area contributed by atoms with Gasteiger partial charge in [-0.2, -0.15) is 0 Å². The van der Waals surface area contributed by atoms with E-state index in [1.165, 1.54) is 4.90 Å². The SMILES string of the molecule is CN1CC2([N+](=O)[O-])CNC(=O)C([N+](=O)[O-])(C1)C2. The molecule has 2 bridgehead atoms. The third-order valence-corrected chi connectivity index (χ3v) is 3.45. The second kappa shape index (κ2) is 3.36. The highest BCUT2D eigenvalue weighted by atomic mass is 16.6. The molecule has 17 heavy (non-hydrogen) atoms. The highest BCUT2D eigenvalue weighted by Crippen LogP contribution is 2.35. The zero-order valence-corrected chi connectivity index (χ0v) is 9.21. The lowest BCUT2D eigenvalue weighted by molar-refractivity contribution is -0.618. The molecule has 0 aromatic carbocycles. The molecule has 2 heterocycles. The van der Waals surface area contributed by atoms with Crippen molar-refractivity contribution in [3.05, 3.63) is 20.2 Å². The number of piperidine rings is 2. The van der Waals surface area contributed by atoms with Crippen LogP contribution in [-0.2, 0) is 4.79 Å². The van der Waals surface area contributed by atoms with E-state index >= 15 is 0 Å². The van der Waals surface area contributed by atoms with Crippen molar-refractivity contribution >= 4 is 5.91 Å². The Morgan fingerprint density at radius 2 is 1.94 bits per heavy atom. The monoisotopic (exact) mass is 244 g/mol. The number of carbonyl (C=O) groups excluding carboxylic acids is 1. The third-order valence-electron chi connectivity index (χ3n) is 3.45. The van der Waals surface area contributed by atoms with E-state index in [1.54, 1.807) is 7.05 Å². The summed E-state index contributed by atoms with van der Waals surface area (Å²) >= 11 is 0. The van der Waals surface area contributed by atoms with Gasteiger partial charge < -0.3 is 5.32 Å². The summed E-state index contributed by atoms with van der Waals surface area (Å²) in [5.74, 6) is -0.730. The maximum Gasteiger partial charge on any atom is 0.317 e. The van der Waals surface area contributed by atoms with E-state index in [-0.39, 0.29) is 26.1 Å². The van der Waals surface area contributed by atoms with Gasteiger partial charge in [0.1, 0.15) is 6.42 Å². The molecular weight excluding hydrogens is 232 g/mol. The van der Waals surface area contributed by atoms with Crippen LogP contribution < -0.4 is 5.32 Å². The highest BCUT2D eigenvalue weighted by Gasteiger charge is 2.68. The van der Waals surface area contributed by atoms with E-state index in [4.69, 9.17) is 0 Å². The molecule has 9 heteroatoms. The number of amides is 1. The summed E-state index contributed by atoms with van der Waals surface area (Å²) in [5, 5.41) is 24.5. The Balaban J connectivity index is 2.47. The van der Waals surface area contributed by atoms with Crippen molar-refractivity contribution in [3.63, 3.8) is 0 Å². The van der Waals surface area contributed by atoms with Crippen molar-refractivity contribution in [3.8, 4) is 0 Å². The van der Waals surface area contributed by atoms with Gasteiger partial charge in [-0.3, -0.25) is 29.9 Å². The molecule has 0 aliphatic carbocycles. The van der Waals surface area contributed by atoms with Gasteiger partial charge in [0.2, 0.25) is 0 Å². The van der Waals surface area contributed by atoms with E-state index < -0.39 is 26.8 Å². The molecule has 0 radical (unpaired) electrons. The van der Waals surface area contributed by atoms with E-state index in [1.807, 2.05) is 0 Å². The standard InChI is InChI=1S/C8H12N4O5/c1-10-4-7(11(14)15)2-8(5-10,12(16)17)6(13)9-3-7/h2-5H2,1H3,(H,9,13). The molecule has 1 N–H and O–H groups in total. The lowest BCUT2D eigenvalue weighted by Crippen LogP contribution is -2.76. The second-order valence-electron chi connectivity index (χ2n) is 4.80. The molecule has 9 nitrogen and oxygen atoms in total. The Hall–Kier alpha value is -1.77. The van der Waals surface area contributed by atoms with Gasteiger partial charge in [-0.15, -0.1) is 0 Å². The fourth-order valence-electron chi connectivity index (χ4n) is 2.73. The predicted molar refractivity (Wildman–Crippen MR) is 54.6 cm³/mol. The van der Waals surface area contributed by atoms with Gasteiger partial charge in [0.05, 0.1) is 19.6 Å². The summed E-state index contributed by atoms with van der Waals surface area (Å²) in [4.78, 5) is 34.2. The first-order chi connectivity index (χ1) is 7.82. The minimum absolute atomic E-state index is 0.0958. The smallest absolute Gasteiger partial charge is 0.317 e. The van der Waals surface area contributed by atoms with Crippen molar-refractivity contribution < 1.29 is 14.6 Å². The summed E-state index contributed by atoms with van der Waals surface area (Å²) in [6.07, 6.45) is -0.337. The molecule has 1 amide bonds. The number of nitro groups is 2. The zero-order chi connectivity index (χ0) is 12.8. The van der Waals surface area contributed by atoms with Crippen LogP contribution in [0.1, 0.15) is 6.42 Å². The lowest BCUT2D eigenvalue weighted by atomic mass is 9.74. The largest absolute Gasteiger partial charge is 0.343 e. The summed E-state index contributed by atoms with van der Waals surface area (Å²) in [7, 11) is 1.55.